The van der Waals surface area contributed by atoms with Crippen LogP contribution in [-0.4, -0.2) is 24.9 Å². The number of Topliss-reactive ketones (excluding diaryl/α,β-unsaturated/α-hetero) is 1. The summed E-state index contributed by atoms with van der Waals surface area (Å²) < 4.78 is 18.4. The molecule has 0 amide bonds. The van der Waals surface area contributed by atoms with Crippen LogP contribution in [0.4, 0.5) is 10.1 Å². The van der Waals surface area contributed by atoms with Crippen LogP contribution in [0, 0.1) is 11.7 Å². The van der Waals surface area contributed by atoms with Crippen molar-refractivity contribution in [3.05, 3.63) is 29.6 Å². The summed E-state index contributed by atoms with van der Waals surface area (Å²) in [6.07, 6.45) is 2.18. The van der Waals surface area contributed by atoms with Crippen molar-refractivity contribution >= 4 is 17.4 Å². The third-order valence-corrected chi connectivity index (χ3v) is 3.69. The van der Waals surface area contributed by atoms with Crippen molar-refractivity contribution in [3.63, 3.8) is 0 Å². The number of rotatable bonds is 4. The summed E-state index contributed by atoms with van der Waals surface area (Å²) in [6, 6.07) is 4.58. The molecule has 20 heavy (non-hydrogen) atoms. The van der Waals surface area contributed by atoms with Crippen LogP contribution in [0.15, 0.2) is 18.2 Å². The van der Waals surface area contributed by atoms with E-state index < -0.39 is 5.82 Å². The normalized spacial score (nSPS) is 21.6. The Morgan fingerprint density at radius 3 is 2.75 bits per heavy atom. The predicted octanol–water partition coefficient (Wildman–Crippen LogP) is 2.78. The van der Waals surface area contributed by atoms with E-state index in [0.29, 0.717) is 12.1 Å². The highest BCUT2D eigenvalue weighted by atomic mass is 19.1. The number of carbonyl (C=O) groups is 2. The van der Waals surface area contributed by atoms with Crippen molar-refractivity contribution in [3.8, 4) is 0 Å². The number of esters is 1. The predicted molar refractivity (Wildman–Crippen MR) is 73.2 cm³/mol. The number of hydrogen-bond acceptors (Lipinski definition) is 4. The summed E-state index contributed by atoms with van der Waals surface area (Å²) in [7, 11) is 1.38. The number of benzene rings is 1. The smallest absolute Gasteiger partial charge is 0.308 e. The molecule has 1 aliphatic carbocycles. The van der Waals surface area contributed by atoms with Gasteiger partial charge in [-0.3, -0.25) is 9.59 Å². The third kappa shape index (κ3) is 2.98. The molecule has 0 bridgehead atoms. The van der Waals surface area contributed by atoms with Gasteiger partial charge in [-0.15, -0.1) is 0 Å². The standard InChI is InChI=1S/C15H18FNO3/c1-9(18)14-12(16)4-3-5-13(14)17-11-7-6-10(8-11)15(19)20-2/h3-5,10-11,17H,6-8H2,1-2H3/t10-,11+/m0/s1. The highest BCUT2D eigenvalue weighted by Crippen LogP contribution is 2.30. The van der Waals surface area contributed by atoms with E-state index in [-0.39, 0.29) is 29.3 Å². The summed E-state index contributed by atoms with van der Waals surface area (Å²) in [5, 5.41) is 3.17. The number of ether oxygens (including phenoxy) is 1. The molecule has 0 spiro atoms. The molecule has 1 aromatic carbocycles. The molecule has 0 aliphatic heterocycles. The second-order valence-corrected chi connectivity index (χ2v) is 5.09. The topological polar surface area (TPSA) is 55.4 Å². The Hall–Kier alpha value is -1.91. The van der Waals surface area contributed by atoms with E-state index in [4.69, 9.17) is 4.74 Å². The lowest BCUT2D eigenvalue weighted by Crippen LogP contribution is -2.20. The van der Waals surface area contributed by atoms with Crippen molar-refractivity contribution in [2.75, 3.05) is 12.4 Å². The van der Waals surface area contributed by atoms with Crippen molar-refractivity contribution in [2.45, 2.75) is 32.2 Å². The molecule has 108 valence electrons. The molecule has 5 heteroatoms. The SMILES string of the molecule is COC(=O)[C@H]1CC[C@@H](Nc2cccc(F)c2C(C)=O)C1. The van der Waals surface area contributed by atoms with E-state index >= 15 is 0 Å². The van der Waals surface area contributed by atoms with Crippen LogP contribution in [0.3, 0.4) is 0 Å². The minimum atomic E-state index is -0.523. The van der Waals surface area contributed by atoms with Gasteiger partial charge in [0.15, 0.2) is 5.78 Å². The summed E-state index contributed by atoms with van der Waals surface area (Å²) >= 11 is 0. The fourth-order valence-electron chi connectivity index (χ4n) is 2.72. The molecule has 0 aromatic heterocycles. The Kier molecular flexibility index (Phi) is 4.37. The molecule has 0 unspecified atom stereocenters. The van der Waals surface area contributed by atoms with Crippen LogP contribution in [0.25, 0.3) is 0 Å². The van der Waals surface area contributed by atoms with Gasteiger partial charge in [-0.25, -0.2) is 4.39 Å². The number of carbonyl (C=O) groups excluding carboxylic acids is 2. The van der Waals surface area contributed by atoms with E-state index in [1.807, 2.05) is 0 Å². The Morgan fingerprint density at radius 1 is 1.35 bits per heavy atom. The lowest BCUT2D eigenvalue weighted by Gasteiger charge is -2.17. The maximum absolute atomic E-state index is 13.7. The first-order valence-electron chi connectivity index (χ1n) is 6.66. The van der Waals surface area contributed by atoms with Crippen molar-refractivity contribution in [1.29, 1.82) is 0 Å². The fourth-order valence-corrected chi connectivity index (χ4v) is 2.72. The molecular formula is C15H18FNO3. The molecule has 4 nitrogen and oxygen atoms in total. The van der Waals surface area contributed by atoms with Crippen LogP contribution in [0.2, 0.25) is 0 Å². The van der Waals surface area contributed by atoms with Gasteiger partial charge in [0, 0.05) is 11.7 Å². The Balaban J connectivity index is 2.10. The quantitative estimate of drug-likeness (QED) is 0.680. The molecular weight excluding hydrogens is 261 g/mol. The molecule has 1 fully saturated rings. The number of methoxy groups -OCH3 is 1. The molecule has 1 aromatic rings. The van der Waals surface area contributed by atoms with Gasteiger partial charge in [0.2, 0.25) is 0 Å². The minimum Gasteiger partial charge on any atom is -0.469 e. The molecule has 1 saturated carbocycles. The average molecular weight is 279 g/mol. The van der Waals surface area contributed by atoms with E-state index in [2.05, 4.69) is 5.32 Å². The van der Waals surface area contributed by atoms with Gasteiger partial charge >= 0.3 is 5.97 Å². The highest BCUT2D eigenvalue weighted by molar-refractivity contribution is 5.99. The van der Waals surface area contributed by atoms with E-state index in [1.165, 1.54) is 20.1 Å². The number of halogens is 1. The summed E-state index contributed by atoms with van der Waals surface area (Å²) in [4.78, 5) is 23.0. The first-order valence-corrected chi connectivity index (χ1v) is 6.66. The average Bonchev–Trinajstić information content (AvgIpc) is 2.86. The van der Waals surface area contributed by atoms with Gasteiger partial charge in [0.05, 0.1) is 18.6 Å². The van der Waals surface area contributed by atoms with Crippen LogP contribution in [0.1, 0.15) is 36.5 Å². The van der Waals surface area contributed by atoms with Gasteiger partial charge in [-0.05, 0) is 38.3 Å². The van der Waals surface area contributed by atoms with E-state index in [9.17, 15) is 14.0 Å². The van der Waals surface area contributed by atoms with Gasteiger partial charge in [-0.1, -0.05) is 6.07 Å². The van der Waals surface area contributed by atoms with Crippen LogP contribution in [-0.2, 0) is 9.53 Å². The second kappa shape index (κ2) is 6.03. The molecule has 0 heterocycles. The first-order chi connectivity index (χ1) is 9.52. The molecule has 0 radical (unpaired) electrons. The van der Waals surface area contributed by atoms with Crippen LogP contribution in [0.5, 0.6) is 0 Å². The third-order valence-electron chi connectivity index (χ3n) is 3.69. The minimum absolute atomic E-state index is 0.0546. The lowest BCUT2D eigenvalue weighted by atomic mass is 10.1. The Bertz CT molecular complexity index is 530. The number of hydrogen-bond donors (Lipinski definition) is 1. The zero-order valence-corrected chi connectivity index (χ0v) is 11.6. The maximum Gasteiger partial charge on any atom is 0.308 e. The second-order valence-electron chi connectivity index (χ2n) is 5.09. The summed E-state index contributed by atoms with van der Waals surface area (Å²) in [6.45, 7) is 1.34. The first kappa shape index (κ1) is 14.5. The monoisotopic (exact) mass is 279 g/mol. The molecule has 2 rings (SSSR count). The number of ketones is 1. The fraction of sp³-hybridized carbons (Fsp3) is 0.467. The Labute approximate surface area is 117 Å². The zero-order chi connectivity index (χ0) is 14.7. The van der Waals surface area contributed by atoms with Gasteiger partial charge in [-0.2, -0.15) is 0 Å². The van der Waals surface area contributed by atoms with Gasteiger partial charge in [0.25, 0.3) is 0 Å². The summed E-state index contributed by atoms with van der Waals surface area (Å²) in [5.41, 5.74) is 0.571. The van der Waals surface area contributed by atoms with Gasteiger partial charge in [0.1, 0.15) is 5.82 Å². The van der Waals surface area contributed by atoms with Crippen molar-refractivity contribution < 1.29 is 18.7 Å². The number of anilines is 1. The van der Waals surface area contributed by atoms with Crippen molar-refractivity contribution in [1.82, 2.24) is 0 Å². The summed E-state index contributed by atoms with van der Waals surface area (Å²) in [5.74, 6) is -1.16. The zero-order valence-electron chi connectivity index (χ0n) is 11.6. The lowest BCUT2D eigenvalue weighted by molar-refractivity contribution is -0.145. The van der Waals surface area contributed by atoms with Crippen LogP contribution < -0.4 is 5.32 Å². The van der Waals surface area contributed by atoms with Crippen molar-refractivity contribution in [2.24, 2.45) is 5.92 Å². The van der Waals surface area contributed by atoms with Crippen LogP contribution >= 0.6 is 0 Å². The van der Waals surface area contributed by atoms with Gasteiger partial charge < -0.3 is 10.1 Å². The Morgan fingerprint density at radius 2 is 2.10 bits per heavy atom. The largest absolute Gasteiger partial charge is 0.469 e. The molecule has 2 atom stereocenters. The van der Waals surface area contributed by atoms with E-state index in [1.54, 1.807) is 12.1 Å². The highest BCUT2D eigenvalue weighted by Gasteiger charge is 2.31. The molecule has 1 aliphatic rings. The number of nitrogens with one attached hydrogen (secondary N) is 1. The van der Waals surface area contributed by atoms with E-state index in [0.717, 1.165) is 12.8 Å². The molecule has 0 saturated heterocycles. The maximum atomic E-state index is 13.7. The molecule has 1 N–H and O–H groups in total.